The summed E-state index contributed by atoms with van der Waals surface area (Å²) in [7, 11) is 1.53. The molecule has 2 N–H and O–H groups in total. The first kappa shape index (κ1) is 18.7. The van der Waals surface area contributed by atoms with Crippen molar-refractivity contribution in [1.82, 2.24) is 15.2 Å². The molecule has 7 nitrogen and oxygen atoms in total. The highest BCUT2D eigenvalue weighted by Gasteiger charge is 2.09. The molecule has 1 heterocycles. The molecule has 0 saturated heterocycles. The molecule has 1 aromatic heterocycles. The second-order valence-electron chi connectivity index (χ2n) is 5.65. The third kappa shape index (κ3) is 4.95. The lowest BCUT2D eigenvalue weighted by Gasteiger charge is -2.03. The van der Waals surface area contributed by atoms with Crippen molar-refractivity contribution in [3.63, 3.8) is 0 Å². The van der Waals surface area contributed by atoms with E-state index >= 15 is 0 Å². The summed E-state index contributed by atoms with van der Waals surface area (Å²) in [6.07, 6.45) is 3.07. The molecular weight excluding hydrogens is 412 g/mol. The van der Waals surface area contributed by atoms with Crippen LogP contribution in [0.1, 0.15) is 21.6 Å². The normalized spacial score (nSPS) is 10.9. The number of methoxy groups -OCH3 is 1. The first-order chi connectivity index (χ1) is 13.0. The zero-order valence-electron chi connectivity index (χ0n) is 14.5. The van der Waals surface area contributed by atoms with Crippen LogP contribution in [0, 0.1) is 0 Å². The van der Waals surface area contributed by atoms with Crippen molar-refractivity contribution in [3.05, 3.63) is 76.0 Å². The first-order valence-corrected chi connectivity index (χ1v) is 8.83. The fraction of sp³-hybridized carbons (Fsp3) is 0.105. The topological polar surface area (TPSA) is 88.7 Å². The van der Waals surface area contributed by atoms with Crippen LogP contribution in [0.25, 0.3) is 0 Å². The van der Waals surface area contributed by atoms with Crippen molar-refractivity contribution in [1.29, 1.82) is 0 Å². The van der Waals surface area contributed by atoms with Gasteiger partial charge in [-0.25, -0.2) is 5.43 Å². The molecule has 2 aromatic carbocycles. The number of nitrogens with zero attached hydrogens (tertiary/aromatic N) is 3. The van der Waals surface area contributed by atoms with E-state index in [1.807, 2.05) is 24.3 Å². The van der Waals surface area contributed by atoms with E-state index in [9.17, 15) is 9.90 Å². The largest absolute Gasteiger partial charge is 0.507 e. The Bertz CT molecular complexity index is 985. The summed E-state index contributed by atoms with van der Waals surface area (Å²) in [5.41, 5.74) is 4.13. The minimum atomic E-state index is -0.443. The number of hydrogen-bond donors (Lipinski definition) is 2. The summed E-state index contributed by atoms with van der Waals surface area (Å²) >= 11 is 3.43. The van der Waals surface area contributed by atoms with Gasteiger partial charge in [-0.3, -0.25) is 9.48 Å². The van der Waals surface area contributed by atoms with Crippen molar-refractivity contribution in [2.75, 3.05) is 7.11 Å². The van der Waals surface area contributed by atoms with Gasteiger partial charge in [-0.15, -0.1) is 0 Å². The second-order valence-corrected chi connectivity index (χ2v) is 6.57. The number of carbonyl (C=O) groups excluding carboxylic acids is 1. The molecule has 0 atom stereocenters. The molecule has 1 amide bonds. The fourth-order valence-electron chi connectivity index (χ4n) is 2.37. The van der Waals surface area contributed by atoms with Gasteiger partial charge in [0, 0.05) is 16.2 Å². The van der Waals surface area contributed by atoms with Gasteiger partial charge in [-0.2, -0.15) is 10.2 Å². The highest BCUT2D eigenvalue weighted by atomic mass is 79.9. The molecule has 0 spiro atoms. The third-order valence-electron chi connectivity index (χ3n) is 3.71. The number of hydrogen-bond acceptors (Lipinski definition) is 5. The number of amides is 1. The van der Waals surface area contributed by atoms with E-state index in [0.717, 1.165) is 10.0 Å². The molecule has 0 aliphatic carbocycles. The number of ether oxygens (including phenoxy) is 1. The van der Waals surface area contributed by atoms with Gasteiger partial charge in [-0.05, 0) is 42.0 Å². The summed E-state index contributed by atoms with van der Waals surface area (Å²) < 4.78 is 7.75. The van der Waals surface area contributed by atoms with E-state index in [4.69, 9.17) is 4.74 Å². The predicted octanol–water partition coefficient (Wildman–Crippen LogP) is 3.17. The number of phenolic OH excluding ortho intramolecular Hbond substituents is 1. The number of hydrazone groups is 1. The maximum Gasteiger partial charge on any atom is 0.291 e. The van der Waals surface area contributed by atoms with Crippen molar-refractivity contribution < 1.29 is 14.6 Å². The predicted molar refractivity (Wildman–Crippen MR) is 105 cm³/mol. The summed E-state index contributed by atoms with van der Waals surface area (Å²) in [6.45, 7) is 0.549. The number of benzene rings is 2. The Morgan fingerprint density at radius 1 is 1.33 bits per heavy atom. The van der Waals surface area contributed by atoms with Gasteiger partial charge < -0.3 is 9.84 Å². The molecular formula is C19H17BrN4O3. The molecule has 0 fully saturated rings. The Kier molecular flexibility index (Phi) is 5.87. The van der Waals surface area contributed by atoms with Crippen LogP contribution in [0.15, 0.2) is 64.3 Å². The molecule has 138 valence electrons. The molecule has 27 heavy (non-hydrogen) atoms. The Morgan fingerprint density at radius 2 is 2.19 bits per heavy atom. The molecule has 0 radical (unpaired) electrons. The Balaban J connectivity index is 1.63. The smallest absolute Gasteiger partial charge is 0.291 e. The third-order valence-corrected chi connectivity index (χ3v) is 4.20. The number of phenols is 1. The van der Waals surface area contributed by atoms with Gasteiger partial charge >= 0.3 is 0 Å². The van der Waals surface area contributed by atoms with Crippen molar-refractivity contribution in [2.45, 2.75) is 6.54 Å². The van der Waals surface area contributed by atoms with Crippen LogP contribution in [-0.4, -0.2) is 34.1 Å². The van der Waals surface area contributed by atoms with E-state index in [1.54, 1.807) is 29.1 Å². The van der Waals surface area contributed by atoms with Crippen LogP contribution in [0.3, 0.4) is 0 Å². The summed E-state index contributed by atoms with van der Waals surface area (Å²) in [5, 5.41) is 17.9. The monoisotopic (exact) mass is 428 g/mol. The zero-order chi connectivity index (χ0) is 19.2. The van der Waals surface area contributed by atoms with Gasteiger partial charge in [0.1, 0.15) is 11.5 Å². The maximum absolute atomic E-state index is 12.2. The summed E-state index contributed by atoms with van der Waals surface area (Å²) in [6, 6.07) is 14.2. The first-order valence-electron chi connectivity index (χ1n) is 8.03. The van der Waals surface area contributed by atoms with Crippen molar-refractivity contribution in [3.8, 4) is 11.5 Å². The quantitative estimate of drug-likeness (QED) is 0.466. The van der Waals surface area contributed by atoms with Crippen LogP contribution in [0.5, 0.6) is 11.5 Å². The number of nitrogens with one attached hydrogen (secondary N) is 1. The van der Waals surface area contributed by atoms with Crippen LogP contribution in [0.4, 0.5) is 0 Å². The van der Waals surface area contributed by atoms with Gasteiger partial charge in [0.2, 0.25) is 0 Å². The van der Waals surface area contributed by atoms with E-state index < -0.39 is 5.91 Å². The Labute approximate surface area is 164 Å². The van der Waals surface area contributed by atoms with Crippen LogP contribution in [0.2, 0.25) is 0 Å². The average molecular weight is 429 g/mol. The lowest BCUT2D eigenvalue weighted by Crippen LogP contribution is -2.18. The fourth-order valence-corrected chi connectivity index (χ4v) is 2.82. The lowest BCUT2D eigenvalue weighted by atomic mass is 10.2. The lowest BCUT2D eigenvalue weighted by molar-refractivity contribution is 0.0949. The number of aromatic hydroxyl groups is 1. The number of rotatable bonds is 6. The molecule has 0 unspecified atom stereocenters. The average Bonchev–Trinajstić information content (AvgIpc) is 3.12. The molecule has 3 rings (SSSR count). The summed E-state index contributed by atoms with van der Waals surface area (Å²) in [4.78, 5) is 12.2. The maximum atomic E-state index is 12.2. The van der Waals surface area contributed by atoms with E-state index in [2.05, 4.69) is 31.6 Å². The van der Waals surface area contributed by atoms with E-state index in [-0.39, 0.29) is 11.4 Å². The van der Waals surface area contributed by atoms with Crippen LogP contribution < -0.4 is 10.2 Å². The molecule has 8 heteroatoms. The van der Waals surface area contributed by atoms with Gasteiger partial charge in [0.25, 0.3) is 5.91 Å². The Hall–Kier alpha value is -3.13. The standard InChI is InChI=1S/C19H17BrN4O3/c1-27-16-5-6-18(25)14(10-16)11-21-22-19(26)17-7-8-24(23-17)12-13-3-2-4-15(20)9-13/h2-11,25H,12H2,1H3,(H,22,26)/b21-11-. The van der Waals surface area contributed by atoms with E-state index in [0.29, 0.717) is 17.9 Å². The van der Waals surface area contributed by atoms with Crippen LogP contribution >= 0.6 is 15.9 Å². The summed E-state index contributed by atoms with van der Waals surface area (Å²) in [5.74, 6) is 0.167. The highest BCUT2D eigenvalue weighted by Crippen LogP contribution is 2.21. The number of halogens is 1. The van der Waals surface area contributed by atoms with Gasteiger partial charge in [0.05, 0.1) is 19.9 Å². The molecule has 0 bridgehead atoms. The zero-order valence-corrected chi connectivity index (χ0v) is 16.0. The molecule has 0 aliphatic rings. The molecule has 0 saturated carbocycles. The van der Waals surface area contributed by atoms with Crippen molar-refractivity contribution >= 4 is 28.1 Å². The van der Waals surface area contributed by atoms with E-state index in [1.165, 1.54) is 19.4 Å². The number of aromatic nitrogens is 2. The van der Waals surface area contributed by atoms with Crippen molar-refractivity contribution in [2.24, 2.45) is 5.10 Å². The SMILES string of the molecule is COc1ccc(O)c(/C=N\NC(=O)c2ccn(Cc3cccc(Br)c3)n2)c1. The highest BCUT2D eigenvalue weighted by molar-refractivity contribution is 9.10. The molecule has 3 aromatic rings. The minimum Gasteiger partial charge on any atom is -0.507 e. The Morgan fingerprint density at radius 3 is 2.96 bits per heavy atom. The minimum absolute atomic E-state index is 0.0344. The van der Waals surface area contributed by atoms with Crippen LogP contribution in [-0.2, 0) is 6.54 Å². The second kappa shape index (κ2) is 8.50. The molecule has 0 aliphatic heterocycles. The van der Waals surface area contributed by atoms with Gasteiger partial charge in [0.15, 0.2) is 5.69 Å². The van der Waals surface area contributed by atoms with Gasteiger partial charge in [-0.1, -0.05) is 28.1 Å². The number of carbonyl (C=O) groups is 1.